The smallest absolute Gasteiger partial charge is 0.0726 e. The van der Waals surface area contributed by atoms with Crippen molar-refractivity contribution in [3.05, 3.63) is 24.0 Å². The van der Waals surface area contributed by atoms with Crippen LogP contribution in [0.25, 0.3) is 0 Å². The first-order chi connectivity index (χ1) is 6.29. The molecule has 2 heterocycles. The molecule has 72 valence electrons. The monoisotopic (exact) mass is 180 g/mol. The summed E-state index contributed by atoms with van der Waals surface area (Å²) in [5.74, 6) is 0. The second-order valence-electron chi connectivity index (χ2n) is 3.85. The Morgan fingerprint density at radius 3 is 2.77 bits per heavy atom. The summed E-state index contributed by atoms with van der Waals surface area (Å²) >= 11 is 0. The molecule has 0 amide bonds. The first kappa shape index (κ1) is 8.78. The Kier molecular flexibility index (Phi) is 2.38. The van der Waals surface area contributed by atoms with Crippen molar-refractivity contribution in [2.24, 2.45) is 0 Å². The summed E-state index contributed by atoms with van der Waals surface area (Å²) < 4.78 is 0. The highest BCUT2D eigenvalue weighted by Gasteiger charge is 2.29. The van der Waals surface area contributed by atoms with Gasteiger partial charge in [-0.05, 0) is 38.1 Å². The second-order valence-corrected chi connectivity index (χ2v) is 3.85. The van der Waals surface area contributed by atoms with Crippen LogP contribution in [0.2, 0.25) is 0 Å². The third-order valence-electron chi connectivity index (χ3n) is 2.72. The number of hydrogen-bond donors (Lipinski definition) is 3. The van der Waals surface area contributed by atoms with Crippen LogP contribution in [0.4, 0.5) is 0 Å². The fraction of sp³-hybridized carbons (Fsp3) is 0.600. The van der Waals surface area contributed by atoms with Gasteiger partial charge in [0.05, 0.1) is 5.60 Å². The summed E-state index contributed by atoms with van der Waals surface area (Å²) in [6, 6.07) is 4.00. The van der Waals surface area contributed by atoms with Gasteiger partial charge in [0.1, 0.15) is 0 Å². The van der Waals surface area contributed by atoms with Crippen molar-refractivity contribution < 1.29 is 5.11 Å². The highest BCUT2D eigenvalue weighted by atomic mass is 16.3. The average molecular weight is 180 g/mol. The topological polar surface area (TPSA) is 48.0 Å². The molecule has 0 bridgehead atoms. The van der Waals surface area contributed by atoms with Crippen LogP contribution < -0.4 is 5.32 Å². The number of aliphatic hydroxyl groups is 1. The molecule has 1 fully saturated rings. The summed E-state index contributed by atoms with van der Waals surface area (Å²) in [6.07, 6.45) is 4.36. The van der Waals surface area contributed by atoms with Gasteiger partial charge in [-0.3, -0.25) is 0 Å². The van der Waals surface area contributed by atoms with Crippen LogP contribution in [0.15, 0.2) is 18.3 Å². The molecule has 0 unspecified atom stereocenters. The molecular formula is C10H16N2O. The summed E-state index contributed by atoms with van der Waals surface area (Å²) in [5, 5.41) is 13.4. The fourth-order valence-electron chi connectivity index (χ4n) is 1.90. The van der Waals surface area contributed by atoms with Crippen molar-refractivity contribution in [1.82, 2.24) is 10.3 Å². The van der Waals surface area contributed by atoms with Gasteiger partial charge in [0.2, 0.25) is 0 Å². The maximum absolute atomic E-state index is 10.2. The molecule has 2 rings (SSSR count). The van der Waals surface area contributed by atoms with Crippen LogP contribution in [-0.2, 0) is 6.42 Å². The quantitative estimate of drug-likeness (QED) is 0.626. The van der Waals surface area contributed by atoms with Gasteiger partial charge >= 0.3 is 0 Å². The summed E-state index contributed by atoms with van der Waals surface area (Å²) in [6.45, 7) is 1.86. The van der Waals surface area contributed by atoms with Crippen molar-refractivity contribution in [2.45, 2.75) is 24.9 Å². The van der Waals surface area contributed by atoms with Gasteiger partial charge in [0.15, 0.2) is 0 Å². The Bertz CT molecular complexity index is 250. The number of piperidine rings is 1. The lowest BCUT2D eigenvalue weighted by Gasteiger charge is -2.32. The number of H-pyrrole nitrogens is 1. The van der Waals surface area contributed by atoms with Gasteiger partial charge in [-0.1, -0.05) is 0 Å². The van der Waals surface area contributed by atoms with Crippen molar-refractivity contribution in [2.75, 3.05) is 13.1 Å². The molecule has 1 aromatic heterocycles. The number of rotatable bonds is 2. The number of aromatic nitrogens is 1. The van der Waals surface area contributed by atoms with Gasteiger partial charge in [0.25, 0.3) is 0 Å². The Balaban J connectivity index is 1.99. The van der Waals surface area contributed by atoms with Crippen molar-refractivity contribution >= 4 is 0 Å². The van der Waals surface area contributed by atoms with E-state index in [9.17, 15) is 5.11 Å². The fourth-order valence-corrected chi connectivity index (χ4v) is 1.90. The van der Waals surface area contributed by atoms with E-state index in [1.54, 1.807) is 0 Å². The molecule has 0 aromatic carbocycles. The molecule has 3 heteroatoms. The van der Waals surface area contributed by atoms with E-state index in [2.05, 4.69) is 10.3 Å². The molecule has 1 aliphatic heterocycles. The van der Waals surface area contributed by atoms with Gasteiger partial charge in [0, 0.05) is 18.3 Å². The van der Waals surface area contributed by atoms with Gasteiger partial charge in [-0.15, -0.1) is 0 Å². The normalized spacial score (nSPS) is 21.6. The first-order valence-corrected chi connectivity index (χ1v) is 4.84. The van der Waals surface area contributed by atoms with E-state index in [0.29, 0.717) is 0 Å². The molecule has 3 N–H and O–H groups in total. The van der Waals surface area contributed by atoms with Crippen LogP contribution in [0.5, 0.6) is 0 Å². The standard InChI is InChI=1S/C10H16N2O/c13-10(3-6-11-7-4-10)8-9-2-1-5-12-9/h1-2,5,11-13H,3-4,6-8H2. The van der Waals surface area contributed by atoms with E-state index in [-0.39, 0.29) is 0 Å². The minimum atomic E-state index is -0.490. The van der Waals surface area contributed by atoms with E-state index in [4.69, 9.17) is 0 Å². The highest BCUT2D eigenvalue weighted by molar-refractivity contribution is 5.08. The largest absolute Gasteiger partial charge is 0.389 e. The Morgan fingerprint density at radius 2 is 2.15 bits per heavy atom. The molecule has 0 radical (unpaired) electrons. The van der Waals surface area contributed by atoms with Crippen molar-refractivity contribution in [3.8, 4) is 0 Å². The predicted octanol–water partition coefficient (Wildman–Crippen LogP) is 0.672. The zero-order valence-electron chi connectivity index (χ0n) is 7.71. The SMILES string of the molecule is OC1(Cc2ccc[nH]2)CCNCC1. The Hall–Kier alpha value is -0.800. The predicted molar refractivity (Wildman–Crippen MR) is 51.6 cm³/mol. The van der Waals surface area contributed by atoms with Crippen LogP contribution in [0.3, 0.4) is 0 Å². The zero-order chi connectivity index (χ0) is 9.15. The van der Waals surface area contributed by atoms with E-state index in [1.807, 2.05) is 18.3 Å². The lowest BCUT2D eigenvalue weighted by atomic mass is 9.88. The third kappa shape index (κ3) is 2.11. The summed E-state index contributed by atoms with van der Waals surface area (Å²) in [5.41, 5.74) is 0.639. The molecule has 3 nitrogen and oxygen atoms in total. The van der Waals surface area contributed by atoms with Crippen LogP contribution >= 0.6 is 0 Å². The minimum Gasteiger partial charge on any atom is -0.389 e. The lowest BCUT2D eigenvalue weighted by molar-refractivity contribution is 0.0101. The number of nitrogens with one attached hydrogen (secondary N) is 2. The zero-order valence-corrected chi connectivity index (χ0v) is 7.71. The maximum Gasteiger partial charge on any atom is 0.0726 e. The maximum atomic E-state index is 10.2. The van der Waals surface area contributed by atoms with E-state index < -0.39 is 5.60 Å². The van der Waals surface area contributed by atoms with Crippen molar-refractivity contribution in [3.63, 3.8) is 0 Å². The molecule has 1 aliphatic rings. The molecule has 1 saturated heterocycles. The molecule has 0 spiro atoms. The highest BCUT2D eigenvalue weighted by Crippen LogP contribution is 2.22. The van der Waals surface area contributed by atoms with Gasteiger partial charge < -0.3 is 15.4 Å². The second kappa shape index (κ2) is 3.52. The van der Waals surface area contributed by atoms with Crippen LogP contribution in [0.1, 0.15) is 18.5 Å². The number of aromatic amines is 1. The van der Waals surface area contributed by atoms with E-state index >= 15 is 0 Å². The molecule has 0 saturated carbocycles. The van der Waals surface area contributed by atoms with E-state index in [0.717, 1.165) is 38.0 Å². The minimum absolute atomic E-state index is 0.490. The van der Waals surface area contributed by atoms with E-state index in [1.165, 1.54) is 0 Å². The summed E-state index contributed by atoms with van der Waals surface area (Å²) in [4.78, 5) is 3.13. The molecule has 13 heavy (non-hydrogen) atoms. The Labute approximate surface area is 78.2 Å². The molecular weight excluding hydrogens is 164 g/mol. The molecule has 0 aliphatic carbocycles. The Morgan fingerprint density at radius 1 is 1.38 bits per heavy atom. The van der Waals surface area contributed by atoms with Gasteiger partial charge in [-0.25, -0.2) is 0 Å². The van der Waals surface area contributed by atoms with Crippen molar-refractivity contribution in [1.29, 1.82) is 0 Å². The summed E-state index contributed by atoms with van der Waals surface area (Å²) in [7, 11) is 0. The molecule has 1 aromatic rings. The lowest BCUT2D eigenvalue weighted by Crippen LogP contribution is -2.43. The molecule has 0 atom stereocenters. The number of hydrogen-bond acceptors (Lipinski definition) is 2. The van der Waals surface area contributed by atoms with Crippen LogP contribution in [0, 0.1) is 0 Å². The average Bonchev–Trinajstić information content (AvgIpc) is 2.57. The van der Waals surface area contributed by atoms with Crippen LogP contribution in [-0.4, -0.2) is 28.8 Å². The third-order valence-corrected chi connectivity index (χ3v) is 2.72. The first-order valence-electron chi connectivity index (χ1n) is 4.84. The van der Waals surface area contributed by atoms with Gasteiger partial charge in [-0.2, -0.15) is 0 Å².